The molecule has 1 heterocycles. The summed E-state index contributed by atoms with van der Waals surface area (Å²) in [5, 5.41) is 7.68. The van der Waals surface area contributed by atoms with Gasteiger partial charge in [0.1, 0.15) is 0 Å². The van der Waals surface area contributed by atoms with Crippen molar-refractivity contribution >= 4 is 5.69 Å². The maximum Gasteiger partial charge on any atom is 0.0728 e. The molecule has 0 aliphatic rings. The van der Waals surface area contributed by atoms with Crippen LogP contribution in [0.3, 0.4) is 0 Å². The molecule has 1 aromatic heterocycles. The van der Waals surface area contributed by atoms with Crippen molar-refractivity contribution < 1.29 is 0 Å². The standard InChI is InChI=1S/C16H23N3/c1-13(18-15-11-17-19(4)12-15)10-16(2,3)14-8-6-5-7-9-14/h5-9,11-13,18H,10H2,1-4H3. The predicted molar refractivity (Wildman–Crippen MR) is 80.4 cm³/mol. The highest BCUT2D eigenvalue weighted by Gasteiger charge is 2.23. The number of anilines is 1. The zero-order valence-corrected chi connectivity index (χ0v) is 12.2. The second kappa shape index (κ2) is 5.47. The first-order valence-corrected chi connectivity index (χ1v) is 6.78. The Morgan fingerprint density at radius 3 is 2.53 bits per heavy atom. The molecule has 2 rings (SSSR count). The second-order valence-corrected chi connectivity index (χ2v) is 5.90. The van der Waals surface area contributed by atoms with E-state index in [9.17, 15) is 0 Å². The van der Waals surface area contributed by atoms with Gasteiger partial charge in [-0.2, -0.15) is 5.10 Å². The van der Waals surface area contributed by atoms with Crippen LogP contribution in [0, 0.1) is 0 Å². The molecule has 102 valence electrons. The molecule has 1 aromatic carbocycles. The fourth-order valence-electron chi connectivity index (χ4n) is 2.60. The van der Waals surface area contributed by atoms with Crippen molar-refractivity contribution in [3.05, 3.63) is 48.3 Å². The Bertz CT molecular complexity index is 514. The average Bonchev–Trinajstić information content (AvgIpc) is 2.75. The summed E-state index contributed by atoms with van der Waals surface area (Å²) in [5.74, 6) is 0. The lowest BCUT2D eigenvalue weighted by Gasteiger charge is -2.29. The highest BCUT2D eigenvalue weighted by molar-refractivity contribution is 5.39. The summed E-state index contributed by atoms with van der Waals surface area (Å²) in [6.07, 6.45) is 4.95. The first-order valence-electron chi connectivity index (χ1n) is 6.78. The molecule has 1 atom stereocenters. The van der Waals surface area contributed by atoms with E-state index >= 15 is 0 Å². The quantitative estimate of drug-likeness (QED) is 0.887. The first-order chi connectivity index (χ1) is 8.97. The van der Waals surface area contributed by atoms with E-state index in [2.05, 4.69) is 61.5 Å². The van der Waals surface area contributed by atoms with Crippen LogP contribution in [-0.2, 0) is 12.5 Å². The molecular weight excluding hydrogens is 234 g/mol. The van der Waals surface area contributed by atoms with Crippen LogP contribution >= 0.6 is 0 Å². The molecule has 3 heteroatoms. The molecule has 0 aliphatic heterocycles. The van der Waals surface area contributed by atoms with Crippen LogP contribution in [0.15, 0.2) is 42.7 Å². The summed E-state index contributed by atoms with van der Waals surface area (Å²) in [6, 6.07) is 11.1. The van der Waals surface area contributed by atoms with E-state index < -0.39 is 0 Å². The number of aromatic nitrogens is 2. The zero-order valence-electron chi connectivity index (χ0n) is 12.2. The smallest absolute Gasteiger partial charge is 0.0728 e. The summed E-state index contributed by atoms with van der Waals surface area (Å²) in [7, 11) is 1.93. The van der Waals surface area contributed by atoms with E-state index in [1.165, 1.54) is 5.56 Å². The lowest BCUT2D eigenvalue weighted by atomic mass is 9.79. The highest BCUT2D eigenvalue weighted by atomic mass is 15.3. The molecule has 1 N–H and O–H groups in total. The molecule has 19 heavy (non-hydrogen) atoms. The van der Waals surface area contributed by atoms with E-state index in [-0.39, 0.29) is 5.41 Å². The number of hydrogen-bond acceptors (Lipinski definition) is 2. The van der Waals surface area contributed by atoms with Gasteiger partial charge in [-0.25, -0.2) is 0 Å². The third kappa shape index (κ3) is 3.60. The van der Waals surface area contributed by atoms with Gasteiger partial charge in [0, 0.05) is 19.3 Å². The number of nitrogens with one attached hydrogen (secondary N) is 1. The lowest BCUT2D eigenvalue weighted by molar-refractivity contribution is 0.450. The molecule has 0 spiro atoms. The lowest BCUT2D eigenvalue weighted by Crippen LogP contribution is -2.27. The first kappa shape index (κ1) is 13.7. The van der Waals surface area contributed by atoms with Crippen molar-refractivity contribution in [2.45, 2.75) is 38.6 Å². The van der Waals surface area contributed by atoms with Crippen molar-refractivity contribution in [3.63, 3.8) is 0 Å². The van der Waals surface area contributed by atoms with Gasteiger partial charge in [0.15, 0.2) is 0 Å². The maximum absolute atomic E-state index is 4.18. The van der Waals surface area contributed by atoms with Gasteiger partial charge in [-0.15, -0.1) is 0 Å². The van der Waals surface area contributed by atoms with E-state index in [4.69, 9.17) is 0 Å². The van der Waals surface area contributed by atoms with Crippen LogP contribution < -0.4 is 5.32 Å². The zero-order chi connectivity index (χ0) is 13.9. The number of rotatable bonds is 5. The van der Waals surface area contributed by atoms with Crippen molar-refractivity contribution in [3.8, 4) is 0 Å². The second-order valence-electron chi connectivity index (χ2n) is 5.90. The van der Waals surface area contributed by atoms with Crippen molar-refractivity contribution in [2.75, 3.05) is 5.32 Å². The molecule has 0 amide bonds. The number of hydrogen-bond donors (Lipinski definition) is 1. The predicted octanol–water partition coefficient (Wildman–Crippen LogP) is 3.59. The highest BCUT2D eigenvalue weighted by Crippen LogP contribution is 2.29. The van der Waals surface area contributed by atoms with Crippen LogP contribution in [0.5, 0.6) is 0 Å². The minimum atomic E-state index is 0.163. The third-order valence-corrected chi connectivity index (χ3v) is 3.49. The molecule has 0 aliphatic carbocycles. The summed E-state index contributed by atoms with van der Waals surface area (Å²) in [5.41, 5.74) is 2.63. The van der Waals surface area contributed by atoms with Crippen molar-refractivity contribution in [2.24, 2.45) is 7.05 Å². The Hall–Kier alpha value is -1.77. The van der Waals surface area contributed by atoms with E-state index in [1.54, 1.807) is 0 Å². The van der Waals surface area contributed by atoms with Gasteiger partial charge in [-0.05, 0) is 24.3 Å². The van der Waals surface area contributed by atoms with Crippen LogP contribution in [0.25, 0.3) is 0 Å². The summed E-state index contributed by atoms with van der Waals surface area (Å²) in [4.78, 5) is 0. The molecule has 1 unspecified atom stereocenters. The van der Waals surface area contributed by atoms with Gasteiger partial charge in [-0.1, -0.05) is 44.2 Å². The number of nitrogens with zero attached hydrogens (tertiary/aromatic N) is 2. The van der Waals surface area contributed by atoms with Crippen LogP contribution in [0.1, 0.15) is 32.8 Å². The minimum absolute atomic E-state index is 0.163. The molecule has 2 aromatic rings. The Labute approximate surface area is 115 Å². The normalized spacial score (nSPS) is 13.3. The SMILES string of the molecule is CC(CC(C)(C)c1ccccc1)Nc1cnn(C)c1. The van der Waals surface area contributed by atoms with E-state index in [1.807, 2.05) is 24.1 Å². The molecule has 0 fully saturated rings. The number of benzene rings is 1. The van der Waals surface area contributed by atoms with Gasteiger partial charge in [0.05, 0.1) is 11.9 Å². The fourth-order valence-corrected chi connectivity index (χ4v) is 2.60. The van der Waals surface area contributed by atoms with Crippen LogP contribution in [0.2, 0.25) is 0 Å². The molecule has 0 saturated carbocycles. The molecule has 0 saturated heterocycles. The van der Waals surface area contributed by atoms with Crippen LogP contribution in [-0.4, -0.2) is 15.8 Å². The van der Waals surface area contributed by atoms with Gasteiger partial charge >= 0.3 is 0 Å². The van der Waals surface area contributed by atoms with Gasteiger partial charge < -0.3 is 5.32 Å². The van der Waals surface area contributed by atoms with Gasteiger partial charge in [0.25, 0.3) is 0 Å². The summed E-state index contributed by atoms with van der Waals surface area (Å²) in [6.45, 7) is 6.81. The summed E-state index contributed by atoms with van der Waals surface area (Å²) < 4.78 is 1.82. The fraction of sp³-hybridized carbons (Fsp3) is 0.438. The Morgan fingerprint density at radius 2 is 1.95 bits per heavy atom. The third-order valence-electron chi connectivity index (χ3n) is 3.49. The number of aryl methyl sites for hydroxylation is 1. The maximum atomic E-state index is 4.18. The summed E-state index contributed by atoms with van der Waals surface area (Å²) >= 11 is 0. The van der Waals surface area contributed by atoms with E-state index in [0.29, 0.717) is 6.04 Å². The van der Waals surface area contributed by atoms with Gasteiger partial charge in [-0.3, -0.25) is 4.68 Å². The van der Waals surface area contributed by atoms with Gasteiger partial charge in [0.2, 0.25) is 0 Å². The largest absolute Gasteiger partial charge is 0.380 e. The average molecular weight is 257 g/mol. The monoisotopic (exact) mass is 257 g/mol. The van der Waals surface area contributed by atoms with Crippen molar-refractivity contribution in [1.29, 1.82) is 0 Å². The van der Waals surface area contributed by atoms with Crippen LogP contribution in [0.4, 0.5) is 5.69 Å². The topological polar surface area (TPSA) is 29.9 Å². The molecular formula is C16H23N3. The van der Waals surface area contributed by atoms with E-state index in [0.717, 1.165) is 12.1 Å². The Morgan fingerprint density at radius 1 is 1.26 bits per heavy atom. The molecule has 0 bridgehead atoms. The Balaban J connectivity index is 2.00. The Kier molecular flexibility index (Phi) is 3.93. The molecule has 0 radical (unpaired) electrons. The molecule has 3 nitrogen and oxygen atoms in total. The van der Waals surface area contributed by atoms with Crippen molar-refractivity contribution in [1.82, 2.24) is 9.78 Å². The minimum Gasteiger partial charge on any atom is -0.380 e.